The number of aromatic amines is 1. The van der Waals surface area contributed by atoms with Gasteiger partial charge in [-0.2, -0.15) is 5.10 Å². The van der Waals surface area contributed by atoms with Crippen LogP contribution in [-0.2, 0) is 0 Å². The van der Waals surface area contributed by atoms with Crippen LogP contribution in [0.3, 0.4) is 0 Å². The van der Waals surface area contributed by atoms with E-state index in [1.54, 1.807) is 36.8 Å². The maximum atomic E-state index is 13.1. The molecule has 168 valence electrons. The summed E-state index contributed by atoms with van der Waals surface area (Å²) in [6.45, 7) is 1.86. The highest BCUT2D eigenvalue weighted by atomic mass is 35.5. The molecule has 0 saturated carbocycles. The molecule has 3 aromatic heterocycles. The van der Waals surface area contributed by atoms with Crippen molar-refractivity contribution in [2.45, 2.75) is 13.0 Å². The van der Waals surface area contributed by atoms with E-state index in [2.05, 4.69) is 25.5 Å². The van der Waals surface area contributed by atoms with Crippen molar-refractivity contribution in [1.82, 2.24) is 20.2 Å². The van der Waals surface area contributed by atoms with Crippen LogP contribution in [0.2, 0.25) is 5.15 Å². The van der Waals surface area contributed by atoms with Crippen LogP contribution >= 0.6 is 11.6 Å². The quantitative estimate of drug-likeness (QED) is 0.315. The lowest BCUT2D eigenvalue weighted by atomic mass is 10.1. The van der Waals surface area contributed by atoms with Crippen molar-refractivity contribution in [1.29, 1.82) is 0 Å². The Balaban J connectivity index is 1.40. The predicted octanol–water partition coefficient (Wildman–Crippen LogP) is 6.07. The number of rotatable bonds is 6. The molecule has 34 heavy (non-hydrogen) atoms. The summed E-state index contributed by atoms with van der Waals surface area (Å²) in [5, 5.41) is 11.4. The fourth-order valence-electron chi connectivity index (χ4n) is 3.77. The lowest BCUT2D eigenvalue weighted by Gasteiger charge is -2.18. The standard InChI is InChI=1S/C26H20ClN5O2/c1-16(23-24(31-32-25(23)27)17-10-12-28-13-11-17)34-22-9-5-3-7-20(22)26(33)30-19-14-18-6-2-4-8-21(18)29-15-19/h2-16H,1H3,(H,30,33)(H,31,32). The van der Waals surface area contributed by atoms with Crippen molar-refractivity contribution in [3.05, 3.63) is 102 Å². The van der Waals surface area contributed by atoms with Crippen LogP contribution in [0.25, 0.3) is 22.2 Å². The monoisotopic (exact) mass is 469 g/mol. The van der Waals surface area contributed by atoms with Crippen LogP contribution in [0.5, 0.6) is 5.75 Å². The first-order valence-corrected chi connectivity index (χ1v) is 11.0. The smallest absolute Gasteiger partial charge is 0.259 e. The third-order valence-electron chi connectivity index (χ3n) is 5.40. The van der Waals surface area contributed by atoms with Gasteiger partial charge in [-0.3, -0.25) is 19.9 Å². The van der Waals surface area contributed by atoms with Gasteiger partial charge in [0.15, 0.2) is 0 Å². The van der Waals surface area contributed by atoms with Gasteiger partial charge in [0, 0.05) is 23.3 Å². The maximum absolute atomic E-state index is 13.1. The summed E-state index contributed by atoms with van der Waals surface area (Å²) in [7, 11) is 0. The van der Waals surface area contributed by atoms with Crippen LogP contribution in [0.4, 0.5) is 5.69 Å². The second kappa shape index (κ2) is 9.33. The van der Waals surface area contributed by atoms with Crippen LogP contribution in [0, 0.1) is 0 Å². The lowest BCUT2D eigenvalue weighted by Crippen LogP contribution is -2.15. The van der Waals surface area contributed by atoms with E-state index in [4.69, 9.17) is 16.3 Å². The molecule has 8 heteroatoms. The van der Waals surface area contributed by atoms with Gasteiger partial charge in [-0.05, 0) is 43.3 Å². The van der Waals surface area contributed by atoms with E-state index >= 15 is 0 Å². The van der Waals surface area contributed by atoms with Crippen molar-refractivity contribution < 1.29 is 9.53 Å². The number of aromatic nitrogens is 4. The van der Waals surface area contributed by atoms with Gasteiger partial charge in [-0.1, -0.05) is 41.9 Å². The molecule has 2 aromatic carbocycles. The number of hydrogen-bond donors (Lipinski definition) is 2. The predicted molar refractivity (Wildman–Crippen MR) is 132 cm³/mol. The number of ether oxygens (including phenoxy) is 1. The number of anilines is 1. The average molecular weight is 470 g/mol. The summed E-state index contributed by atoms with van der Waals surface area (Å²) in [6, 6.07) is 20.4. The molecule has 0 fully saturated rings. The normalized spacial score (nSPS) is 11.8. The number of H-pyrrole nitrogens is 1. The van der Waals surface area contributed by atoms with E-state index in [1.807, 2.05) is 55.5 Å². The van der Waals surface area contributed by atoms with Crippen LogP contribution in [0.1, 0.15) is 28.9 Å². The molecule has 0 bridgehead atoms. The summed E-state index contributed by atoms with van der Waals surface area (Å²) in [5.74, 6) is 0.131. The third kappa shape index (κ3) is 4.33. The topological polar surface area (TPSA) is 92.8 Å². The molecule has 1 unspecified atom stereocenters. The Bertz CT molecular complexity index is 1470. The molecule has 5 rings (SSSR count). The number of halogens is 1. The lowest BCUT2D eigenvalue weighted by molar-refractivity contribution is 0.102. The molecule has 1 amide bonds. The maximum Gasteiger partial charge on any atom is 0.259 e. The van der Waals surface area contributed by atoms with Crippen molar-refractivity contribution in [2.24, 2.45) is 0 Å². The summed E-state index contributed by atoms with van der Waals surface area (Å²) in [6.07, 6.45) is 4.53. The Kier molecular flexibility index (Phi) is 5.93. The minimum Gasteiger partial charge on any atom is -0.485 e. The zero-order valence-electron chi connectivity index (χ0n) is 18.2. The molecule has 2 N–H and O–H groups in total. The molecule has 0 aliphatic carbocycles. The van der Waals surface area contributed by atoms with E-state index in [0.717, 1.165) is 16.5 Å². The second-order valence-corrected chi connectivity index (χ2v) is 8.04. The van der Waals surface area contributed by atoms with E-state index in [9.17, 15) is 4.79 Å². The van der Waals surface area contributed by atoms with Crippen molar-refractivity contribution in [3.63, 3.8) is 0 Å². The Morgan fingerprint density at radius 3 is 2.68 bits per heavy atom. The molecule has 3 heterocycles. The third-order valence-corrected chi connectivity index (χ3v) is 5.69. The Morgan fingerprint density at radius 2 is 1.82 bits per heavy atom. The Hall–Kier alpha value is -4.23. The SMILES string of the molecule is CC(Oc1ccccc1C(=O)Nc1cnc2ccccc2c1)c1c(-c2ccncc2)n[nH]c1Cl. The van der Waals surface area contributed by atoms with Crippen LogP contribution in [-0.4, -0.2) is 26.1 Å². The molecule has 7 nitrogen and oxygen atoms in total. The molecule has 0 saturated heterocycles. The fourth-order valence-corrected chi connectivity index (χ4v) is 4.06. The van der Waals surface area contributed by atoms with Crippen molar-refractivity contribution in [2.75, 3.05) is 5.32 Å². The van der Waals surface area contributed by atoms with Gasteiger partial charge < -0.3 is 10.1 Å². The first-order chi connectivity index (χ1) is 16.6. The van der Waals surface area contributed by atoms with Gasteiger partial charge in [-0.25, -0.2) is 0 Å². The summed E-state index contributed by atoms with van der Waals surface area (Å²) in [5.41, 5.74) is 4.08. The molecule has 0 aliphatic heterocycles. The Morgan fingerprint density at radius 1 is 1.06 bits per heavy atom. The fraction of sp³-hybridized carbons (Fsp3) is 0.0769. The number of benzene rings is 2. The van der Waals surface area contributed by atoms with Crippen molar-refractivity contribution >= 4 is 34.1 Å². The first kappa shape index (κ1) is 21.6. The van der Waals surface area contributed by atoms with Gasteiger partial charge in [0.25, 0.3) is 5.91 Å². The molecule has 0 radical (unpaired) electrons. The average Bonchev–Trinajstić information content (AvgIpc) is 3.26. The summed E-state index contributed by atoms with van der Waals surface area (Å²) < 4.78 is 6.23. The molecule has 5 aromatic rings. The van der Waals surface area contributed by atoms with Crippen LogP contribution < -0.4 is 10.1 Å². The van der Waals surface area contributed by atoms with E-state index < -0.39 is 6.10 Å². The van der Waals surface area contributed by atoms with E-state index in [-0.39, 0.29) is 5.91 Å². The number of hydrogen-bond acceptors (Lipinski definition) is 5. The molecule has 0 spiro atoms. The Labute approximate surface area is 200 Å². The van der Waals surface area contributed by atoms with Gasteiger partial charge in [0.1, 0.15) is 22.7 Å². The van der Waals surface area contributed by atoms with E-state index in [0.29, 0.717) is 33.4 Å². The summed E-state index contributed by atoms with van der Waals surface area (Å²) in [4.78, 5) is 21.6. The van der Waals surface area contributed by atoms with Crippen LogP contribution in [0.15, 0.2) is 85.3 Å². The molecular weight excluding hydrogens is 450 g/mol. The number of nitrogens with zero attached hydrogens (tertiary/aromatic N) is 3. The zero-order valence-corrected chi connectivity index (χ0v) is 19.0. The highest BCUT2D eigenvalue weighted by Crippen LogP contribution is 2.35. The number of para-hydroxylation sites is 2. The number of amides is 1. The summed E-state index contributed by atoms with van der Waals surface area (Å²) >= 11 is 6.41. The van der Waals surface area contributed by atoms with Gasteiger partial charge in [0.2, 0.25) is 0 Å². The number of carbonyl (C=O) groups is 1. The van der Waals surface area contributed by atoms with Gasteiger partial charge in [-0.15, -0.1) is 0 Å². The first-order valence-electron chi connectivity index (χ1n) is 10.7. The molecule has 1 atom stereocenters. The second-order valence-electron chi connectivity index (χ2n) is 7.66. The number of nitrogens with one attached hydrogen (secondary N) is 2. The zero-order chi connectivity index (χ0) is 23.5. The molecular formula is C26H20ClN5O2. The van der Waals surface area contributed by atoms with Crippen molar-refractivity contribution in [3.8, 4) is 17.0 Å². The van der Waals surface area contributed by atoms with Gasteiger partial charge in [0.05, 0.1) is 28.5 Å². The largest absolute Gasteiger partial charge is 0.485 e. The van der Waals surface area contributed by atoms with Gasteiger partial charge >= 0.3 is 0 Å². The number of carbonyl (C=O) groups excluding carboxylic acids is 1. The van der Waals surface area contributed by atoms with E-state index in [1.165, 1.54) is 0 Å². The number of pyridine rings is 2. The minimum atomic E-state index is -0.481. The highest BCUT2D eigenvalue weighted by molar-refractivity contribution is 6.30. The minimum absolute atomic E-state index is 0.299. The highest BCUT2D eigenvalue weighted by Gasteiger charge is 2.23. The molecule has 0 aliphatic rings. The number of fused-ring (bicyclic) bond motifs is 1.